The molecule has 0 fully saturated rings. The summed E-state index contributed by atoms with van der Waals surface area (Å²) in [4.78, 5) is 10.8. The van der Waals surface area contributed by atoms with Crippen molar-refractivity contribution in [3.63, 3.8) is 0 Å². The molecule has 0 radical (unpaired) electrons. The number of nitrogens with zero attached hydrogens (tertiary/aromatic N) is 3. The summed E-state index contributed by atoms with van der Waals surface area (Å²) in [5.41, 5.74) is 6.10. The van der Waals surface area contributed by atoms with Crippen LogP contribution in [0.2, 0.25) is 0 Å². The van der Waals surface area contributed by atoms with Crippen LogP contribution < -0.4 is 0 Å². The number of rotatable bonds is 2. The summed E-state index contributed by atoms with van der Waals surface area (Å²) in [7, 11) is 0. The van der Waals surface area contributed by atoms with Crippen molar-refractivity contribution < 1.29 is 4.42 Å². The quantitative estimate of drug-likeness (QED) is 0.197. The van der Waals surface area contributed by atoms with Gasteiger partial charge in [-0.3, -0.25) is 4.57 Å². The SMILES string of the molecule is c1ccc2cc3c(cc2c1)c1ccccc1n3-c1nc2oc3ccccc3c2nc1-c1cc2ccccc2c2ccccc12. The molecule has 0 spiro atoms. The normalized spacial score (nSPS) is 12.1. The molecule has 4 heteroatoms. The lowest BCUT2D eigenvalue weighted by molar-refractivity contribution is 0.652. The molecule has 204 valence electrons. The number of benzene rings is 7. The molecular formula is C40H23N3O. The van der Waals surface area contributed by atoms with E-state index in [0.717, 1.165) is 50.0 Å². The topological polar surface area (TPSA) is 43.9 Å². The van der Waals surface area contributed by atoms with Crippen molar-refractivity contribution >= 4 is 76.3 Å². The van der Waals surface area contributed by atoms with Crippen LogP contribution in [0.1, 0.15) is 0 Å². The molecule has 0 aliphatic carbocycles. The van der Waals surface area contributed by atoms with Gasteiger partial charge in [0, 0.05) is 21.7 Å². The summed E-state index contributed by atoms with van der Waals surface area (Å²) in [6.07, 6.45) is 0. The van der Waals surface area contributed by atoms with Crippen LogP contribution in [0.4, 0.5) is 0 Å². The van der Waals surface area contributed by atoms with Gasteiger partial charge in [-0.25, -0.2) is 4.98 Å². The molecule has 44 heavy (non-hydrogen) atoms. The Hall–Kier alpha value is -6.00. The van der Waals surface area contributed by atoms with Crippen molar-refractivity contribution in [2.45, 2.75) is 0 Å². The van der Waals surface area contributed by atoms with Crippen LogP contribution in [0, 0.1) is 0 Å². The van der Waals surface area contributed by atoms with Crippen molar-refractivity contribution in [2.75, 3.05) is 0 Å². The van der Waals surface area contributed by atoms with Gasteiger partial charge in [0.15, 0.2) is 5.82 Å². The molecule has 10 rings (SSSR count). The zero-order valence-corrected chi connectivity index (χ0v) is 23.5. The molecule has 0 saturated heterocycles. The van der Waals surface area contributed by atoms with E-state index in [-0.39, 0.29) is 0 Å². The molecular weight excluding hydrogens is 538 g/mol. The Bertz CT molecular complexity index is 2790. The third kappa shape index (κ3) is 3.22. The maximum absolute atomic E-state index is 6.35. The minimum absolute atomic E-state index is 0.529. The predicted octanol–water partition coefficient (Wildman–Crippen LogP) is 10.6. The fourth-order valence-corrected chi connectivity index (χ4v) is 6.98. The van der Waals surface area contributed by atoms with Gasteiger partial charge >= 0.3 is 0 Å². The van der Waals surface area contributed by atoms with Gasteiger partial charge < -0.3 is 4.42 Å². The Morgan fingerprint density at radius 3 is 1.93 bits per heavy atom. The van der Waals surface area contributed by atoms with E-state index in [1.807, 2.05) is 18.2 Å². The highest BCUT2D eigenvalue weighted by atomic mass is 16.3. The standard InChI is InChI=1S/C40H23N3O/c1-2-12-25-23-35-32(21-24(25)11-1)30-17-7-9-19-34(30)43(35)39-37(41-38-31-18-8-10-20-36(31)44-40(38)42-39)33-22-26-13-3-4-14-27(26)28-15-5-6-16-29(28)33/h1-23H. The van der Waals surface area contributed by atoms with E-state index < -0.39 is 0 Å². The van der Waals surface area contributed by atoms with Crippen molar-refractivity contribution in [3.05, 3.63) is 140 Å². The third-order valence-corrected chi connectivity index (χ3v) is 8.97. The van der Waals surface area contributed by atoms with Gasteiger partial charge in [-0.2, -0.15) is 4.98 Å². The van der Waals surface area contributed by atoms with Crippen LogP contribution in [-0.4, -0.2) is 14.5 Å². The molecule has 3 aromatic heterocycles. The Morgan fingerprint density at radius 2 is 1.09 bits per heavy atom. The lowest BCUT2D eigenvalue weighted by Crippen LogP contribution is -2.03. The minimum Gasteiger partial charge on any atom is -0.436 e. The summed E-state index contributed by atoms with van der Waals surface area (Å²) >= 11 is 0. The van der Waals surface area contributed by atoms with Gasteiger partial charge in [0.2, 0.25) is 5.71 Å². The highest BCUT2D eigenvalue weighted by molar-refractivity contribution is 6.16. The monoisotopic (exact) mass is 561 g/mol. The average Bonchev–Trinajstić information content (AvgIpc) is 3.61. The first-order valence-electron chi connectivity index (χ1n) is 14.8. The van der Waals surface area contributed by atoms with E-state index in [0.29, 0.717) is 5.71 Å². The Morgan fingerprint density at radius 1 is 0.455 bits per heavy atom. The first-order valence-corrected chi connectivity index (χ1v) is 14.8. The van der Waals surface area contributed by atoms with E-state index in [2.05, 4.69) is 126 Å². The molecule has 10 aromatic rings. The van der Waals surface area contributed by atoms with Gasteiger partial charge in [0.05, 0.1) is 11.0 Å². The van der Waals surface area contributed by atoms with E-state index in [1.165, 1.54) is 37.7 Å². The molecule has 0 amide bonds. The lowest BCUT2D eigenvalue weighted by Gasteiger charge is -2.15. The maximum Gasteiger partial charge on any atom is 0.248 e. The van der Waals surface area contributed by atoms with E-state index in [1.54, 1.807) is 0 Å². The van der Waals surface area contributed by atoms with E-state index in [9.17, 15) is 0 Å². The highest BCUT2D eigenvalue weighted by Crippen LogP contribution is 2.41. The van der Waals surface area contributed by atoms with Crippen LogP contribution in [-0.2, 0) is 0 Å². The van der Waals surface area contributed by atoms with Crippen molar-refractivity contribution in [1.82, 2.24) is 14.5 Å². The Labute approximate surface area is 251 Å². The highest BCUT2D eigenvalue weighted by Gasteiger charge is 2.23. The van der Waals surface area contributed by atoms with Crippen LogP contribution in [0.5, 0.6) is 0 Å². The first-order chi connectivity index (χ1) is 21.8. The Kier molecular flexibility index (Phi) is 4.69. The zero-order chi connectivity index (χ0) is 28.8. The Balaban J connectivity index is 1.42. The van der Waals surface area contributed by atoms with Crippen LogP contribution in [0.15, 0.2) is 144 Å². The second-order valence-electron chi connectivity index (χ2n) is 11.4. The van der Waals surface area contributed by atoms with Crippen LogP contribution >= 0.6 is 0 Å². The second kappa shape index (κ2) is 8.76. The van der Waals surface area contributed by atoms with Gasteiger partial charge in [0.1, 0.15) is 16.8 Å². The molecule has 0 saturated carbocycles. The van der Waals surface area contributed by atoms with Gasteiger partial charge in [-0.05, 0) is 68.7 Å². The first kappa shape index (κ1) is 23.6. The van der Waals surface area contributed by atoms with Crippen molar-refractivity contribution in [1.29, 1.82) is 0 Å². The molecule has 7 aromatic carbocycles. The fourth-order valence-electron chi connectivity index (χ4n) is 6.98. The number of hydrogen-bond acceptors (Lipinski definition) is 3. The maximum atomic E-state index is 6.35. The fraction of sp³-hybridized carbons (Fsp3) is 0. The third-order valence-electron chi connectivity index (χ3n) is 8.97. The molecule has 0 bridgehead atoms. The summed E-state index contributed by atoms with van der Waals surface area (Å²) in [6, 6.07) is 49.2. The van der Waals surface area contributed by atoms with Gasteiger partial charge in [0.25, 0.3) is 0 Å². The van der Waals surface area contributed by atoms with Gasteiger partial charge in [-0.1, -0.05) is 103 Å². The van der Waals surface area contributed by atoms with Crippen molar-refractivity contribution in [2.24, 2.45) is 0 Å². The van der Waals surface area contributed by atoms with Crippen LogP contribution in [0.25, 0.3) is 93.4 Å². The number of para-hydroxylation sites is 2. The molecule has 0 unspecified atom stereocenters. The molecule has 3 heterocycles. The van der Waals surface area contributed by atoms with Crippen molar-refractivity contribution in [3.8, 4) is 17.1 Å². The molecule has 4 nitrogen and oxygen atoms in total. The molecule has 0 atom stereocenters. The summed E-state index contributed by atoms with van der Waals surface area (Å²) in [6.45, 7) is 0. The summed E-state index contributed by atoms with van der Waals surface area (Å²) in [5, 5.41) is 10.4. The van der Waals surface area contributed by atoms with E-state index in [4.69, 9.17) is 14.4 Å². The van der Waals surface area contributed by atoms with E-state index >= 15 is 0 Å². The van der Waals surface area contributed by atoms with Crippen LogP contribution in [0.3, 0.4) is 0 Å². The lowest BCUT2D eigenvalue weighted by atomic mass is 9.95. The zero-order valence-electron chi connectivity index (χ0n) is 23.5. The average molecular weight is 562 g/mol. The minimum atomic E-state index is 0.529. The predicted molar refractivity (Wildman–Crippen MR) is 182 cm³/mol. The number of hydrogen-bond donors (Lipinski definition) is 0. The number of fused-ring (bicyclic) bond motifs is 10. The second-order valence-corrected chi connectivity index (χ2v) is 11.4. The summed E-state index contributed by atoms with van der Waals surface area (Å²) in [5.74, 6) is 0.749. The number of furan rings is 1. The summed E-state index contributed by atoms with van der Waals surface area (Å²) < 4.78 is 8.62. The largest absolute Gasteiger partial charge is 0.436 e. The smallest absolute Gasteiger partial charge is 0.248 e. The molecule has 0 aliphatic heterocycles. The molecule has 0 aliphatic rings. The number of aromatic nitrogens is 3. The van der Waals surface area contributed by atoms with Gasteiger partial charge in [-0.15, -0.1) is 0 Å². The molecule has 0 N–H and O–H groups in total.